The predicted octanol–water partition coefficient (Wildman–Crippen LogP) is 3.77. The van der Waals surface area contributed by atoms with Crippen molar-refractivity contribution in [3.8, 4) is 5.75 Å². The number of nitrogens with zero attached hydrogens (tertiary/aromatic N) is 4. The minimum atomic E-state index is -0.323. The number of carbonyl (C=O) groups excluding carboxylic acids is 1. The van der Waals surface area contributed by atoms with Crippen molar-refractivity contribution in [2.45, 2.75) is 4.90 Å². The summed E-state index contributed by atoms with van der Waals surface area (Å²) in [6.07, 6.45) is 3.83. The summed E-state index contributed by atoms with van der Waals surface area (Å²) in [6.45, 7) is 3.56. The van der Waals surface area contributed by atoms with E-state index in [1.54, 1.807) is 43.1 Å². The Morgan fingerprint density at radius 3 is 2.76 bits per heavy atom. The highest BCUT2D eigenvalue weighted by atomic mass is 79.9. The highest BCUT2D eigenvalue weighted by Gasteiger charge is 2.17. The van der Waals surface area contributed by atoms with Crippen LogP contribution >= 0.6 is 27.7 Å². The van der Waals surface area contributed by atoms with Crippen molar-refractivity contribution in [2.24, 2.45) is 0 Å². The van der Waals surface area contributed by atoms with Crippen LogP contribution in [0.15, 0.2) is 52.1 Å². The van der Waals surface area contributed by atoms with Crippen molar-refractivity contribution in [3.63, 3.8) is 0 Å². The van der Waals surface area contributed by atoms with Crippen molar-refractivity contribution in [1.29, 1.82) is 0 Å². The Balaban J connectivity index is 1.54. The molecular weight excluding hydrogens is 506 g/mol. The largest absolute Gasteiger partial charge is 0.494 e. The van der Waals surface area contributed by atoms with Gasteiger partial charge >= 0.3 is 0 Å². The third-order valence-electron chi connectivity index (χ3n) is 5.02. The summed E-state index contributed by atoms with van der Waals surface area (Å²) in [5, 5.41) is 9.56. The van der Waals surface area contributed by atoms with E-state index in [1.165, 1.54) is 0 Å². The highest BCUT2D eigenvalue weighted by Crippen LogP contribution is 2.32. The first kappa shape index (κ1) is 23.3. The maximum atomic E-state index is 12.6. The molecule has 0 atom stereocenters. The van der Waals surface area contributed by atoms with Gasteiger partial charge in [0.25, 0.3) is 5.91 Å². The summed E-state index contributed by atoms with van der Waals surface area (Å²) in [4.78, 5) is 29.2. The molecule has 3 aromatic rings. The molecule has 0 radical (unpaired) electrons. The van der Waals surface area contributed by atoms with Crippen LogP contribution in [-0.4, -0.2) is 60.4 Å². The minimum absolute atomic E-state index is 0.305. The van der Waals surface area contributed by atoms with E-state index in [0.29, 0.717) is 27.7 Å². The SMILES string of the molecule is COc1cc(Nc2nc(N3CCNCC3)ncc2SC)ccc1NC(=O)c1cccc(Br)n1. The fraction of sp³-hybridized carbons (Fsp3) is 0.273. The second kappa shape index (κ2) is 10.8. The van der Waals surface area contributed by atoms with Crippen molar-refractivity contribution in [2.75, 3.05) is 55.1 Å². The summed E-state index contributed by atoms with van der Waals surface area (Å²) in [6, 6.07) is 10.6. The zero-order chi connectivity index (χ0) is 23.2. The smallest absolute Gasteiger partial charge is 0.274 e. The van der Waals surface area contributed by atoms with Crippen molar-refractivity contribution >= 4 is 56.7 Å². The Labute approximate surface area is 204 Å². The average molecular weight is 530 g/mol. The fourth-order valence-corrected chi connectivity index (χ4v) is 4.14. The van der Waals surface area contributed by atoms with Gasteiger partial charge in [-0.25, -0.2) is 9.97 Å². The number of halogens is 1. The van der Waals surface area contributed by atoms with Gasteiger partial charge in [0.1, 0.15) is 21.9 Å². The molecule has 1 amide bonds. The van der Waals surface area contributed by atoms with E-state index >= 15 is 0 Å². The summed E-state index contributed by atoms with van der Waals surface area (Å²) in [5.41, 5.74) is 1.63. The van der Waals surface area contributed by atoms with Gasteiger partial charge in [-0.2, -0.15) is 4.98 Å². The number of pyridine rings is 1. The number of methoxy groups -OCH3 is 1. The zero-order valence-corrected chi connectivity index (χ0v) is 20.7. The van der Waals surface area contributed by atoms with Gasteiger partial charge in [0, 0.05) is 44.1 Å². The molecule has 0 saturated carbocycles. The minimum Gasteiger partial charge on any atom is -0.494 e. The lowest BCUT2D eigenvalue weighted by molar-refractivity contribution is 0.102. The second-order valence-corrected chi connectivity index (χ2v) is 8.82. The molecule has 2 aromatic heterocycles. The van der Waals surface area contributed by atoms with E-state index in [2.05, 4.69) is 46.7 Å². The van der Waals surface area contributed by atoms with Gasteiger partial charge in [0.05, 0.1) is 17.7 Å². The van der Waals surface area contributed by atoms with Gasteiger partial charge in [-0.15, -0.1) is 11.8 Å². The molecule has 172 valence electrons. The van der Waals surface area contributed by atoms with E-state index in [0.717, 1.165) is 42.6 Å². The maximum absolute atomic E-state index is 12.6. The molecule has 0 unspecified atom stereocenters. The van der Waals surface area contributed by atoms with Gasteiger partial charge in [0.2, 0.25) is 5.95 Å². The normalized spacial score (nSPS) is 13.5. The molecule has 3 heterocycles. The number of benzene rings is 1. The van der Waals surface area contributed by atoms with Crippen LogP contribution < -0.4 is 25.6 Å². The van der Waals surface area contributed by atoms with Gasteiger partial charge in [-0.1, -0.05) is 6.07 Å². The number of aromatic nitrogens is 3. The highest BCUT2D eigenvalue weighted by molar-refractivity contribution is 9.10. The number of nitrogens with one attached hydrogen (secondary N) is 3. The molecule has 9 nitrogen and oxygen atoms in total. The molecule has 11 heteroatoms. The van der Waals surface area contributed by atoms with E-state index in [1.807, 2.05) is 24.6 Å². The van der Waals surface area contributed by atoms with Gasteiger partial charge in [0.15, 0.2) is 0 Å². The van der Waals surface area contributed by atoms with Crippen LogP contribution in [-0.2, 0) is 0 Å². The zero-order valence-electron chi connectivity index (χ0n) is 18.3. The maximum Gasteiger partial charge on any atom is 0.274 e. The lowest BCUT2D eigenvalue weighted by Gasteiger charge is -2.27. The molecule has 1 fully saturated rings. The molecule has 1 aliphatic heterocycles. The van der Waals surface area contributed by atoms with Gasteiger partial charge in [-0.3, -0.25) is 4.79 Å². The summed E-state index contributed by atoms with van der Waals surface area (Å²) >= 11 is 4.86. The van der Waals surface area contributed by atoms with Crippen LogP contribution in [0.4, 0.5) is 23.1 Å². The number of hydrogen-bond acceptors (Lipinski definition) is 9. The summed E-state index contributed by atoms with van der Waals surface area (Å²) < 4.78 is 6.12. The second-order valence-electron chi connectivity index (χ2n) is 7.16. The molecule has 0 spiro atoms. The number of carbonyl (C=O) groups is 1. The number of rotatable bonds is 7. The van der Waals surface area contributed by atoms with Crippen LogP contribution in [0.1, 0.15) is 10.5 Å². The lowest BCUT2D eigenvalue weighted by Crippen LogP contribution is -2.44. The Hall–Kier alpha value is -2.89. The van der Waals surface area contributed by atoms with Crippen LogP contribution in [0, 0.1) is 0 Å². The number of amides is 1. The molecule has 33 heavy (non-hydrogen) atoms. The standard InChI is InChI=1S/C22H24BrN7O2S/c1-32-17-12-14(6-7-15(17)28-21(31)16-4-3-5-19(23)27-16)26-20-18(33-2)13-25-22(29-20)30-10-8-24-9-11-30/h3-7,12-13,24H,8-11H2,1-2H3,(H,28,31)(H,25,26,29). The monoisotopic (exact) mass is 529 g/mol. The summed E-state index contributed by atoms with van der Waals surface area (Å²) in [5.74, 6) is 1.62. The number of piperazine rings is 1. The van der Waals surface area contributed by atoms with Gasteiger partial charge < -0.3 is 25.6 Å². The van der Waals surface area contributed by atoms with Crippen molar-refractivity contribution in [1.82, 2.24) is 20.3 Å². The third kappa shape index (κ3) is 5.73. The number of hydrogen-bond donors (Lipinski definition) is 3. The molecule has 0 bridgehead atoms. The number of anilines is 4. The first-order valence-electron chi connectivity index (χ1n) is 10.3. The summed E-state index contributed by atoms with van der Waals surface area (Å²) in [7, 11) is 1.56. The Kier molecular flexibility index (Phi) is 7.63. The van der Waals surface area contributed by atoms with Crippen LogP contribution in [0.5, 0.6) is 5.75 Å². The van der Waals surface area contributed by atoms with Crippen LogP contribution in [0.2, 0.25) is 0 Å². The quantitative estimate of drug-likeness (QED) is 0.311. The van der Waals surface area contributed by atoms with E-state index in [4.69, 9.17) is 9.72 Å². The lowest BCUT2D eigenvalue weighted by atomic mass is 10.2. The Morgan fingerprint density at radius 1 is 1.21 bits per heavy atom. The Bertz CT molecular complexity index is 1140. The molecule has 1 aliphatic rings. The first-order chi connectivity index (χ1) is 16.1. The molecule has 4 rings (SSSR count). The topological polar surface area (TPSA) is 104 Å². The first-order valence-corrected chi connectivity index (χ1v) is 12.3. The fourth-order valence-electron chi connectivity index (χ4n) is 3.35. The number of thioether (sulfide) groups is 1. The van der Waals surface area contributed by atoms with Crippen molar-refractivity contribution < 1.29 is 9.53 Å². The van der Waals surface area contributed by atoms with Crippen molar-refractivity contribution in [3.05, 3.63) is 52.9 Å². The third-order valence-corrected chi connectivity index (χ3v) is 6.20. The van der Waals surface area contributed by atoms with E-state index < -0.39 is 0 Å². The number of ether oxygens (including phenoxy) is 1. The van der Waals surface area contributed by atoms with E-state index in [-0.39, 0.29) is 5.91 Å². The average Bonchev–Trinajstić information content (AvgIpc) is 2.85. The van der Waals surface area contributed by atoms with Crippen LogP contribution in [0.25, 0.3) is 0 Å². The molecule has 3 N–H and O–H groups in total. The van der Waals surface area contributed by atoms with E-state index in [9.17, 15) is 4.79 Å². The predicted molar refractivity (Wildman–Crippen MR) is 135 cm³/mol. The van der Waals surface area contributed by atoms with Crippen LogP contribution in [0.3, 0.4) is 0 Å². The Morgan fingerprint density at radius 2 is 2.03 bits per heavy atom. The molecule has 1 saturated heterocycles. The van der Waals surface area contributed by atoms with Gasteiger partial charge in [-0.05, 0) is 46.5 Å². The molecular formula is C22H24BrN7O2S. The molecule has 0 aliphatic carbocycles. The molecule has 1 aromatic carbocycles.